The van der Waals surface area contributed by atoms with Crippen molar-refractivity contribution in [3.05, 3.63) is 39.0 Å². The van der Waals surface area contributed by atoms with Crippen molar-refractivity contribution in [2.45, 2.75) is 38.4 Å². The minimum atomic E-state index is -0.837. The van der Waals surface area contributed by atoms with Gasteiger partial charge in [-0.2, -0.15) is 0 Å². The number of hydrogen-bond acceptors (Lipinski definition) is 5. The minimum absolute atomic E-state index is 0.133. The number of hydrogen-bond donors (Lipinski definition) is 1. The van der Waals surface area contributed by atoms with E-state index in [9.17, 15) is 9.59 Å². The first kappa shape index (κ1) is 15.7. The van der Waals surface area contributed by atoms with Crippen molar-refractivity contribution >= 4 is 27.8 Å². The predicted octanol–water partition coefficient (Wildman–Crippen LogP) is 2.51. The number of carbonyl (C=O) groups is 2. The number of rotatable bonds is 1. The summed E-state index contributed by atoms with van der Waals surface area (Å²) in [6.07, 6.45) is 0.178. The average Bonchev–Trinajstić information content (AvgIpc) is 2.75. The summed E-state index contributed by atoms with van der Waals surface area (Å²) in [6.45, 7) is 4.14. The van der Waals surface area contributed by atoms with Gasteiger partial charge in [-0.1, -0.05) is 15.9 Å². The van der Waals surface area contributed by atoms with E-state index in [0.29, 0.717) is 23.6 Å². The van der Waals surface area contributed by atoms with Crippen LogP contribution < -0.4 is 10.1 Å². The fraction of sp³-hybridized carbons (Fsp3) is 0.412. The van der Waals surface area contributed by atoms with Crippen LogP contribution in [0, 0.1) is 0 Å². The van der Waals surface area contributed by atoms with Crippen LogP contribution in [-0.4, -0.2) is 24.3 Å². The van der Waals surface area contributed by atoms with Crippen LogP contribution in [0.1, 0.15) is 37.3 Å². The molecule has 0 spiro atoms. The lowest BCUT2D eigenvalue weighted by Gasteiger charge is -2.29. The molecule has 3 aliphatic rings. The molecule has 1 aromatic carbocycles. The first-order chi connectivity index (χ1) is 11.4. The molecule has 0 fully saturated rings. The van der Waals surface area contributed by atoms with Gasteiger partial charge in [-0.3, -0.25) is 4.79 Å². The number of carbonyl (C=O) groups excluding carboxylic acids is 2. The molecule has 0 saturated heterocycles. The molecule has 0 radical (unpaired) electrons. The lowest BCUT2D eigenvalue weighted by atomic mass is 9.82. The molecule has 3 heterocycles. The highest BCUT2D eigenvalue weighted by atomic mass is 79.9. The highest BCUT2D eigenvalue weighted by molar-refractivity contribution is 9.10. The van der Waals surface area contributed by atoms with E-state index in [1.54, 1.807) is 13.8 Å². The Kier molecular flexibility index (Phi) is 3.47. The third-order valence-corrected chi connectivity index (χ3v) is 4.98. The third-order valence-electron chi connectivity index (χ3n) is 4.52. The predicted molar refractivity (Wildman–Crippen MR) is 87.1 cm³/mol. The number of halogens is 1. The molecule has 4 rings (SSSR count). The molecule has 3 aliphatic heterocycles. The van der Waals surface area contributed by atoms with Crippen molar-refractivity contribution in [3.8, 4) is 5.75 Å². The highest BCUT2D eigenvalue weighted by Crippen LogP contribution is 2.47. The van der Waals surface area contributed by atoms with Crippen molar-refractivity contribution in [3.63, 3.8) is 0 Å². The van der Waals surface area contributed by atoms with Crippen LogP contribution in [0.4, 0.5) is 0 Å². The number of amides is 1. The number of esters is 1. The second-order valence-electron chi connectivity index (χ2n) is 6.59. The second kappa shape index (κ2) is 5.32. The van der Waals surface area contributed by atoms with Gasteiger partial charge >= 0.3 is 5.97 Å². The maximum atomic E-state index is 12.5. The largest absolute Gasteiger partial charge is 0.467 e. The van der Waals surface area contributed by atoms with Crippen LogP contribution in [0.25, 0.3) is 0 Å². The van der Waals surface area contributed by atoms with Gasteiger partial charge in [0.05, 0.1) is 17.9 Å². The van der Waals surface area contributed by atoms with Crippen molar-refractivity contribution in [1.29, 1.82) is 0 Å². The Labute approximate surface area is 147 Å². The third kappa shape index (κ3) is 2.34. The molecule has 0 unspecified atom stereocenters. The maximum absolute atomic E-state index is 12.5. The van der Waals surface area contributed by atoms with Crippen LogP contribution in [0.15, 0.2) is 27.9 Å². The number of ether oxygens (including phenoxy) is 3. The van der Waals surface area contributed by atoms with Gasteiger partial charge in [-0.15, -0.1) is 0 Å². The Morgan fingerprint density at radius 2 is 2.08 bits per heavy atom. The zero-order chi connectivity index (χ0) is 17.1. The summed E-state index contributed by atoms with van der Waals surface area (Å²) in [6, 6.07) is 3.82. The first-order valence-electron chi connectivity index (χ1n) is 7.67. The molecule has 24 heavy (non-hydrogen) atoms. The fourth-order valence-corrected chi connectivity index (χ4v) is 4.03. The van der Waals surface area contributed by atoms with Gasteiger partial charge in [0.2, 0.25) is 5.91 Å². The fourth-order valence-electron chi connectivity index (χ4n) is 3.51. The van der Waals surface area contributed by atoms with E-state index in [0.717, 1.165) is 15.6 Å². The normalized spacial score (nSPS) is 24.7. The van der Waals surface area contributed by atoms with Gasteiger partial charge in [-0.25, -0.2) is 4.79 Å². The lowest BCUT2D eigenvalue weighted by Crippen LogP contribution is -2.38. The zero-order valence-corrected chi connectivity index (χ0v) is 14.9. The standard InChI is InChI=1S/C17H16BrNO5/c1-17(2)15-13(16(21)24-17)10(5-12(20)19-15)11-4-9(18)3-8-6-22-7-23-14(8)11/h3-4,10H,5-7H2,1-2H3,(H,19,20)/t10-/m1/s1. The molecule has 0 aromatic heterocycles. The van der Waals surface area contributed by atoms with Gasteiger partial charge < -0.3 is 19.5 Å². The van der Waals surface area contributed by atoms with Gasteiger partial charge in [0.15, 0.2) is 6.79 Å². The summed E-state index contributed by atoms with van der Waals surface area (Å²) < 4.78 is 17.3. The van der Waals surface area contributed by atoms with Gasteiger partial charge in [0, 0.05) is 27.9 Å². The molecule has 7 heteroatoms. The Morgan fingerprint density at radius 1 is 1.29 bits per heavy atom. The highest BCUT2D eigenvalue weighted by Gasteiger charge is 2.48. The summed E-state index contributed by atoms with van der Waals surface area (Å²) in [5.74, 6) is -0.229. The Balaban J connectivity index is 1.90. The van der Waals surface area contributed by atoms with E-state index in [-0.39, 0.29) is 25.1 Å². The monoisotopic (exact) mass is 393 g/mol. The number of cyclic esters (lactones) is 1. The van der Waals surface area contributed by atoms with Crippen LogP contribution >= 0.6 is 15.9 Å². The summed E-state index contributed by atoms with van der Waals surface area (Å²) in [5, 5.41) is 2.81. The molecule has 6 nitrogen and oxygen atoms in total. The topological polar surface area (TPSA) is 73.9 Å². The molecule has 0 aliphatic carbocycles. The molecule has 1 atom stereocenters. The van der Waals surface area contributed by atoms with Crippen molar-refractivity contribution in [2.24, 2.45) is 0 Å². The van der Waals surface area contributed by atoms with E-state index >= 15 is 0 Å². The molecule has 0 bridgehead atoms. The Hall–Kier alpha value is -1.86. The summed E-state index contributed by atoms with van der Waals surface area (Å²) in [4.78, 5) is 24.7. The number of fused-ring (bicyclic) bond motifs is 1. The Morgan fingerprint density at radius 3 is 2.88 bits per heavy atom. The minimum Gasteiger partial charge on any atom is -0.467 e. The van der Waals surface area contributed by atoms with Gasteiger partial charge in [0.25, 0.3) is 0 Å². The van der Waals surface area contributed by atoms with E-state index < -0.39 is 11.5 Å². The molecular weight excluding hydrogens is 378 g/mol. The van der Waals surface area contributed by atoms with E-state index in [1.165, 1.54) is 0 Å². The van der Waals surface area contributed by atoms with Crippen molar-refractivity contribution < 1.29 is 23.8 Å². The SMILES string of the molecule is CC1(C)OC(=O)C2=C1NC(=O)C[C@@H]2c1cc(Br)cc2c1OCOC2. The molecule has 0 saturated carbocycles. The van der Waals surface area contributed by atoms with Crippen LogP contribution in [-0.2, 0) is 25.7 Å². The lowest BCUT2D eigenvalue weighted by molar-refractivity contribution is -0.144. The zero-order valence-electron chi connectivity index (χ0n) is 13.3. The number of benzene rings is 1. The summed E-state index contributed by atoms with van der Waals surface area (Å²) in [5.41, 5.74) is 1.92. The number of nitrogens with one attached hydrogen (secondary N) is 1. The van der Waals surface area contributed by atoms with E-state index in [2.05, 4.69) is 21.2 Å². The maximum Gasteiger partial charge on any atom is 0.337 e. The van der Waals surface area contributed by atoms with Crippen LogP contribution in [0.5, 0.6) is 5.75 Å². The molecule has 1 amide bonds. The first-order valence-corrected chi connectivity index (χ1v) is 8.47. The van der Waals surface area contributed by atoms with Crippen LogP contribution in [0.2, 0.25) is 0 Å². The van der Waals surface area contributed by atoms with E-state index in [1.807, 2.05) is 12.1 Å². The average molecular weight is 394 g/mol. The van der Waals surface area contributed by atoms with Crippen LogP contribution in [0.3, 0.4) is 0 Å². The molecular formula is C17H16BrNO5. The molecule has 1 aromatic rings. The van der Waals surface area contributed by atoms with E-state index in [4.69, 9.17) is 14.2 Å². The van der Waals surface area contributed by atoms with Gasteiger partial charge in [0.1, 0.15) is 11.4 Å². The summed E-state index contributed by atoms with van der Waals surface area (Å²) >= 11 is 3.49. The smallest absolute Gasteiger partial charge is 0.337 e. The van der Waals surface area contributed by atoms with Gasteiger partial charge in [-0.05, 0) is 26.0 Å². The molecule has 126 valence electrons. The van der Waals surface area contributed by atoms with Crippen molar-refractivity contribution in [2.75, 3.05) is 6.79 Å². The second-order valence-corrected chi connectivity index (χ2v) is 7.50. The summed E-state index contributed by atoms with van der Waals surface area (Å²) in [7, 11) is 0. The van der Waals surface area contributed by atoms with Crippen molar-refractivity contribution in [1.82, 2.24) is 5.32 Å². The quantitative estimate of drug-likeness (QED) is 0.742. The Bertz CT molecular complexity index is 798. The molecule has 1 N–H and O–H groups in total.